The van der Waals surface area contributed by atoms with E-state index in [-0.39, 0.29) is 0 Å². The van der Waals surface area contributed by atoms with Crippen LogP contribution in [0.5, 0.6) is 0 Å². The minimum absolute atomic E-state index is 0.836. The van der Waals surface area contributed by atoms with E-state index in [1.165, 1.54) is 24.0 Å². The van der Waals surface area contributed by atoms with E-state index in [0.29, 0.717) is 0 Å². The molecule has 1 aliphatic rings. The fraction of sp³-hybridized carbons (Fsp3) is 0.500. The summed E-state index contributed by atoms with van der Waals surface area (Å²) in [4.78, 5) is 0. The molecule has 0 saturated heterocycles. The molecule has 0 saturated carbocycles. The van der Waals surface area contributed by atoms with Gasteiger partial charge in [0.25, 0.3) is 0 Å². The van der Waals surface area contributed by atoms with Gasteiger partial charge in [0.2, 0.25) is 0 Å². The summed E-state index contributed by atoms with van der Waals surface area (Å²) >= 11 is 0. The molecule has 0 nitrogen and oxygen atoms in total. The van der Waals surface area contributed by atoms with Gasteiger partial charge >= 0.3 is 0 Å². The van der Waals surface area contributed by atoms with Gasteiger partial charge in [0.05, 0.1) is 0 Å². The third-order valence-corrected chi connectivity index (χ3v) is 2.28. The summed E-state index contributed by atoms with van der Waals surface area (Å²) in [7, 11) is 0. The Balaban J connectivity index is 2.80. The molecular weight excluding hydrogens is 144 g/mol. The molecule has 0 aromatic heterocycles. The molecule has 0 amide bonds. The van der Waals surface area contributed by atoms with Crippen LogP contribution in [0, 0.1) is 5.92 Å². The second kappa shape index (κ2) is 4.30. The van der Waals surface area contributed by atoms with Gasteiger partial charge in [-0.1, -0.05) is 31.2 Å². The lowest BCUT2D eigenvalue weighted by molar-refractivity contribution is 0.626. The Kier molecular flexibility index (Phi) is 3.33. The molecule has 1 rings (SSSR count). The van der Waals surface area contributed by atoms with E-state index in [1.54, 1.807) is 0 Å². The average Bonchev–Trinajstić information content (AvgIpc) is 2.33. The lowest BCUT2D eigenvalue weighted by atomic mass is 10.1. The van der Waals surface area contributed by atoms with Crippen LogP contribution in [0.15, 0.2) is 35.5 Å². The Labute approximate surface area is 75.7 Å². The van der Waals surface area contributed by atoms with Gasteiger partial charge in [-0.2, -0.15) is 0 Å². The van der Waals surface area contributed by atoms with Gasteiger partial charge < -0.3 is 0 Å². The van der Waals surface area contributed by atoms with Gasteiger partial charge in [-0.15, -0.1) is 0 Å². The smallest absolute Gasteiger partial charge is 0.0247 e. The molecular formula is C12H18. The van der Waals surface area contributed by atoms with Crippen LogP contribution < -0.4 is 0 Å². The Morgan fingerprint density at radius 1 is 1.00 bits per heavy atom. The van der Waals surface area contributed by atoms with Crippen molar-refractivity contribution in [2.24, 2.45) is 5.92 Å². The first-order valence-corrected chi connectivity index (χ1v) is 4.75. The largest absolute Gasteiger partial charge is 0.0874 e. The average molecular weight is 162 g/mol. The van der Waals surface area contributed by atoms with Crippen LogP contribution in [0.25, 0.3) is 0 Å². The molecule has 0 heterocycles. The molecule has 66 valence electrons. The minimum atomic E-state index is 0.836. The van der Waals surface area contributed by atoms with Crippen LogP contribution in [0.3, 0.4) is 0 Å². The maximum absolute atomic E-state index is 2.32. The van der Waals surface area contributed by atoms with E-state index in [1.807, 2.05) is 0 Å². The first kappa shape index (κ1) is 9.31. The predicted octanol–water partition coefficient (Wildman–Crippen LogP) is 3.87. The lowest BCUT2D eigenvalue weighted by Crippen LogP contribution is -1.84. The van der Waals surface area contributed by atoms with Crippen molar-refractivity contribution in [3.05, 3.63) is 35.5 Å². The van der Waals surface area contributed by atoms with Gasteiger partial charge in [0.1, 0.15) is 0 Å². The third-order valence-electron chi connectivity index (χ3n) is 2.28. The predicted molar refractivity (Wildman–Crippen MR) is 55.1 cm³/mol. The summed E-state index contributed by atoms with van der Waals surface area (Å²) in [6, 6.07) is 0. The molecule has 0 atom stereocenters. The van der Waals surface area contributed by atoms with Crippen molar-refractivity contribution in [1.29, 1.82) is 0 Å². The molecule has 0 aliphatic heterocycles. The first-order chi connectivity index (χ1) is 5.77. The highest BCUT2D eigenvalue weighted by Crippen LogP contribution is 2.32. The van der Waals surface area contributed by atoms with Crippen molar-refractivity contribution in [3.8, 4) is 0 Å². The Morgan fingerprint density at radius 2 is 1.42 bits per heavy atom. The van der Waals surface area contributed by atoms with Crippen LogP contribution in [0.4, 0.5) is 0 Å². The van der Waals surface area contributed by atoms with E-state index in [2.05, 4.69) is 45.1 Å². The summed E-state index contributed by atoms with van der Waals surface area (Å²) in [6.45, 7) is 6.49. The van der Waals surface area contributed by atoms with E-state index in [0.717, 1.165) is 5.92 Å². The number of hydrogen-bond acceptors (Lipinski definition) is 0. The standard InChI is InChI=1S/C12H18/c1-4-6-11-8-10(3)9-12(11)7-5-2/h4-7,10H,8-9H2,1-3H3/b6-4-,7-5-. The van der Waals surface area contributed by atoms with Crippen molar-refractivity contribution in [2.45, 2.75) is 33.6 Å². The van der Waals surface area contributed by atoms with Crippen molar-refractivity contribution in [2.75, 3.05) is 0 Å². The molecule has 0 spiro atoms. The number of hydrogen-bond donors (Lipinski definition) is 0. The van der Waals surface area contributed by atoms with Gasteiger partial charge in [-0.3, -0.25) is 0 Å². The third kappa shape index (κ3) is 2.10. The van der Waals surface area contributed by atoms with Crippen LogP contribution in [0.1, 0.15) is 33.6 Å². The van der Waals surface area contributed by atoms with Crippen molar-refractivity contribution in [3.63, 3.8) is 0 Å². The molecule has 0 aromatic carbocycles. The van der Waals surface area contributed by atoms with E-state index in [9.17, 15) is 0 Å². The fourth-order valence-electron chi connectivity index (χ4n) is 1.84. The van der Waals surface area contributed by atoms with Gasteiger partial charge in [0.15, 0.2) is 0 Å². The summed E-state index contributed by atoms with van der Waals surface area (Å²) in [5, 5.41) is 0. The molecule has 12 heavy (non-hydrogen) atoms. The monoisotopic (exact) mass is 162 g/mol. The zero-order valence-corrected chi connectivity index (χ0v) is 8.30. The van der Waals surface area contributed by atoms with E-state index < -0.39 is 0 Å². The highest BCUT2D eigenvalue weighted by Gasteiger charge is 2.16. The highest BCUT2D eigenvalue weighted by atomic mass is 14.2. The normalized spacial score (nSPS) is 20.6. The maximum Gasteiger partial charge on any atom is -0.0247 e. The maximum atomic E-state index is 2.32. The molecule has 0 unspecified atom stereocenters. The van der Waals surface area contributed by atoms with Crippen molar-refractivity contribution in [1.82, 2.24) is 0 Å². The quantitative estimate of drug-likeness (QED) is 0.578. The molecule has 0 aromatic rings. The summed E-state index contributed by atoms with van der Waals surface area (Å²) < 4.78 is 0. The molecule has 0 N–H and O–H groups in total. The van der Waals surface area contributed by atoms with Crippen molar-refractivity contribution < 1.29 is 0 Å². The molecule has 1 aliphatic carbocycles. The van der Waals surface area contributed by atoms with Crippen LogP contribution in [-0.2, 0) is 0 Å². The number of allylic oxidation sites excluding steroid dienone is 6. The van der Waals surface area contributed by atoms with Gasteiger partial charge in [-0.05, 0) is 43.8 Å². The number of rotatable bonds is 2. The minimum Gasteiger partial charge on any atom is -0.0874 e. The molecule has 0 radical (unpaired) electrons. The van der Waals surface area contributed by atoms with Gasteiger partial charge in [0, 0.05) is 0 Å². The summed E-state index contributed by atoms with van der Waals surface area (Å²) in [5.41, 5.74) is 3.06. The van der Waals surface area contributed by atoms with Crippen molar-refractivity contribution >= 4 is 0 Å². The second-order valence-electron chi connectivity index (χ2n) is 3.56. The van der Waals surface area contributed by atoms with Crippen LogP contribution >= 0.6 is 0 Å². The molecule has 0 fully saturated rings. The molecule has 0 heteroatoms. The Hall–Kier alpha value is -0.780. The Bertz CT molecular complexity index is 204. The topological polar surface area (TPSA) is 0 Å². The lowest BCUT2D eigenvalue weighted by Gasteiger charge is -1.96. The summed E-state index contributed by atoms with van der Waals surface area (Å²) in [5.74, 6) is 0.836. The Morgan fingerprint density at radius 3 is 1.75 bits per heavy atom. The van der Waals surface area contributed by atoms with E-state index >= 15 is 0 Å². The zero-order valence-electron chi connectivity index (χ0n) is 8.30. The highest BCUT2D eigenvalue weighted by molar-refractivity contribution is 5.37. The first-order valence-electron chi connectivity index (χ1n) is 4.75. The second-order valence-corrected chi connectivity index (χ2v) is 3.56. The zero-order chi connectivity index (χ0) is 8.97. The SMILES string of the molecule is C/C=C\C1=C(/C=C\C)CC(C)C1. The fourth-order valence-corrected chi connectivity index (χ4v) is 1.84. The molecule has 0 bridgehead atoms. The summed E-state index contributed by atoms with van der Waals surface area (Å²) in [6.07, 6.45) is 11.3. The van der Waals surface area contributed by atoms with Crippen LogP contribution in [0.2, 0.25) is 0 Å². The van der Waals surface area contributed by atoms with E-state index in [4.69, 9.17) is 0 Å². The van der Waals surface area contributed by atoms with Crippen LogP contribution in [-0.4, -0.2) is 0 Å². The van der Waals surface area contributed by atoms with Gasteiger partial charge in [-0.25, -0.2) is 0 Å².